The van der Waals surface area contributed by atoms with E-state index in [1.54, 1.807) is 0 Å². The molecule has 1 aliphatic heterocycles. The predicted octanol–water partition coefficient (Wildman–Crippen LogP) is 1.87. The Bertz CT molecular complexity index is 840. The van der Waals surface area contributed by atoms with E-state index in [0.29, 0.717) is 5.56 Å². The van der Waals surface area contributed by atoms with Crippen molar-refractivity contribution in [3.8, 4) is 11.3 Å². The molecular weight excluding hydrogens is 334 g/mol. The van der Waals surface area contributed by atoms with Crippen molar-refractivity contribution in [2.75, 3.05) is 13.2 Å². The second kappa shape index (κ2) is 5.38. The van der Waals surface area contributed by atoms with Gasteiger partial charge in [0.1, 0.15) is 10.9 Å². The van der Waals surface area contributed by atoms with E-state index in [2.05, 4.69) is 9.68 Å². The molecule has 9 heteroatoms. The zero-order valence-electron chi connectivity index (χ0n) is 11.0. The van der Waals surface area contributed by atoms with Crippen LogP contribution in [-0.4, -0.2) is 43.1 Å². The molecular formula is C13H10ClNO6S. The Labute approximate surface area is 130 Å². The van der Waals surface area contributed by atoms with Gasteiger partial charge in [0.2, 0.25) is 5.76 Å². The molecule has 1 fully saturated rings. The summed E-state index contributed by atoms with van der Waals surface area (Å²) in [7, 11) is -3.53. The average molecular weight is 344 g/mol. The lowest BCUT2D eigenvalue weighted by Crippen LogP contribution is -2.40. The van der Waals surface area contributed by atoms with Gasteiger partial charge >= 0.3 is 5.97 Å². The number of nitrogens with zero attached hydrogens (tertiary/aromatic N) is 1. The minimum absolute atomic E-state index is 0.0215. The summed E-state index contributed by atoms with van der Waals surface area (Å²) < 4.78 is 34.2. The number of rotatable bonds is 4. The molecule has 0 amide bonds. The molecule has 22 heavy (non-hydrogen) atoms. The Balaban J connectivity index is 1.96. The number of aromatic nitrogens is 1. The van der Waals surface area contributed by atoms with Crippen molar-refractivity contribution in [1.82, 2.24) is 5.16 Å². The van der Waals surface area contributed by atoms with Gasteiger partial charge in [-0.1, -0.05) is 22.8 Å². The number of halogens is 1. The molecule has 116 valence electrons. The van der Waals surface area contributed by atoms with Crippen LogP contribution in [-0.2, 0) is 14.6 Å². The SMILES string of the molecule is O=C(O)c1cc(-c2ccc(S(=O)(=O)C3COC3)c(Cl)c2)no1. The van der Waals surface area contributed by atoms with Crippen LogP contribution in [0.1, 0.15) is 10.6 Å². The number of ether oxygens (including phenoxy) is 1. The Hall–Kier alpha value is -1.90. The highest BCUT2D eigenvalue weighted by atomic mass is 35.5. The Morgan fingerprint density at radius 2 is 2.05 bits per heavy atom. The molecule has 0 atom stereocenters. The fourth-order valence-electron chi connectivity index (χ4n) is 1.98. The van der Waals surface area contributed by atoms with Gasteiger partial charge in [-0.25, -0.2) is 13.2 Å². The second-order valence-electron chi connectivity index (χ2n) is 4.73. The monoisotopic (exact) mass is 343 g/mol. The maximum Gasteiger partial charge on any atom is 0.374 e. The standard InChI is InChI=1S/C13H10ClNO6S/c14-9-3-7(10-4-11(13(16)17)21-15-10)1-2-12(9)22(18,19)8-5-20-6-8/h1-4,8H,5-6H2,(H,16,17). The topological polar surface area (TPSA) is 107 Å². The molecule has 1 saturated heterocycles. The summed E-state index contributed by atoms with van der Waals surface area (Å²) in [6.45, 7) is 0.317. The molecule has 1 aromatic heterocycles. The van der Waals surface area contributed by atoms with Crippen molar-refractivity contribution in [1.29, 1.82) is 0 Å². The van der Waals surface area contributed by atoms with Crippen molar-refractivity contribution < 1.29 is 27.6 Å². The van der Waals surface area contributed by atoms with E-state index in [9.17, 15) is 13.2 Å². The smallest absolute Gasteiger partial charge is 0.374 e. The zero-order valence-corrected chi connectivity index (χ0v) is 12.6. The maximum absolute atomic E-state index is 12.3. The van der Waals surface area contributed by atoms with Gasteiger partial charge in [-0.05, 0) is 12.1 Å². The summed E-state index contributed by atoms with van der Waals surface area (Å²) in [5.41, 5.74) is 0.722. The van der Waals surface area contributed by atoms with Crippen molar-refractivity contribution in [2.45, 2.75) is 10.1 Å². The van der Waals surface area contributed by atoms with Crippen LogP contribution in [0.4, 0.5) is 0 Å². The first-order valence-electron chi connectivity index (χ1n) is 6.21. The number of aromatic carboxylic acids is 1. The minimum atomic E-state index is -3.53. The fourth-order valence-corrected chi connectivity index (χ4v) is 3.98. The van der Waals surface area contributed by atoms with Crippen LogP contribution >= 0.6 is 11.6 Å². The molecule has 0 unspecified atom stereocenters. The van der Waals surface area contributed by atoms with Crippen molar-refractivity contribution in [2.24, 2.45) is 0 Å². The number of sulfone groups is 1. The van der Waals surface area contributed by atoms with Gasteiger partial charge in [0.05, 0.1) is 23.1 Å². The summed E-state index contributed by atoms with van der Waals surface area (Å²) in [6, 6.07) is 5.53. The van der Waals surface area contributed by atoms with E-state index in [1.165, 1.54) is 24.3 Å². The highest BCUT2D eigenvalue weighted by molar-refractivity contribution is 7.92. The van der Waals surface area contributed by atoms with Crippen LogP contribution in [0, 0.1) is 0 Å². The molecule has 0 radical (unpaired) electrons. The van der Waals surface area contributed by atoms with Crippen LogP contribution < -0.4 is 0 Å². The van der Waals surface area contributed by atoms with Crippen molar-refractivity contribution in [3.63, 3.8) is 0 Å². The van der Waals surface area contributed by atoms with E-state index < -0.39 is 21.1 Å². The summed E-state index contributed by atoms with van der Waals surface area (Å²) in [5, 5.41) is 11.9. The number of hydrogen-bond donors (Lipinski definition) is 1. The maximum atomic E-state index is 12.3. The second-order valence-corrected chi connectivity index (χ2v) is 7.33. The first kappa shape index (κ1) is 15.0. The highest BCUT2D eigenvalue weighted by Crippen LogP contribution is 2.31. The number of carbonyl (C=O) groups is 1. The summed E-state index contributed by atoms with van der Waals surface area (Å²) in [4.78, 5) is 10.8. The molecule has 7 nitrogen and oxygen atoms in total. The highest BCUT2D eigenvalue weighted by Gasteiger charge is 2.35. The Morgan fingerprint density at radius 1 is 1.32 bits per heavy atom. The largest absolute Gasteiger partial charge is 0.475 e. The lowest BCUT2D eigenvalue weighted by atomic mass is 10.1. The van der Waals surface area contributed by atoms with Crippen LogP contribution in [0.3, 0.4) is 0 Å². The van der Waals surface area contributed by atoms with Gasteiger partial charge in [0.15, 0.2) is 9.84 Å². The van der Waals surface area contributed by atoms with E-state index >= 15 is 0 Å². The number of benzene rings is 1. The van der Waals surface area contributed by atoms with E-state index in [0.717, 1.165) is 0 Å². The Kier molecular flexibility index (Phi) is 3.67. The summed E-state index contributed by atoms with van der Waals surface area (Å²) in [6.07, 6.45) is 0. The number of carboxylic acids is 1. The molecule has 0 bridgehead atoms. The molecule has 0 aliphatic carbocycles. The third-order valence-corrected chi connectivity index (χ3v) is 5.85. The quantitative estimate of drug-likeness (QED) is 0.902. The van der Waals surface area contributed by atoms with Gasteiger partial charge in [0.25, 0.3) is 0 Å². The zero-order chi connectivity index (χ0) is 15.9. The van der Waals surface area contributed by atoms with Crippen LogP contribution in [0.15, 0.2) is 33.7 Å². The fraction of sp³-hybridized carbons (Fsp3) is 0.231. The van der Waals surface area contributed by atoms with Gasteiger partial charge in [-0.2, -0.15) is 0 Å². The molecule has 1 N–H and O–H groups in total. The molecule has 2 aromatic rings. The lowest BCUT2D eigenvalue weighted by molar-refractivity contribution is 0.0416. The van der Waals surface area contributed by atoms with Crippen LogP contribution in [0.25, 0.3) is 11.3 Å². The molecule has 1 aromatic carbocycles. The molecule has 3 rings (SSSR count). The number of hydrogen-bond acceptors (Lipinski definition) is 6. The summed E-state index contributed by atoms with van der Waals surface area (Å²) in [5.74, 6) is -1.55. The molecule has 0 spiro atoms. The van der Waals surface area contributed by atoms with Crippen LogP contribution in [0.2, 0.25) is 5.02 Å². The van der Waals surface area contributed by atoms with E-state index in [4.69, 9.17) is 21.4 Å². The summed E-state index contributed by atoms with van der Waals surface area (Å²) >= 11 is 6.06. The van der Waals surface area contributed by atoms with Crippen molar-refractivity contribution in [3.05, 3.63) is 35.0 Å². The van der Waals surface area contributed by atoms with Gasteiger partial charge in [-0.15, -0.1) is 0 Å². The van der Waals surface area contributed by atoms with E-state index in [-0.39, 0.29) is 34.6 Å². The average Bonchev–Trinajstić information content (AvgIpc) is 2.85. The Morgan fingerprint density at radius 3 is 2.55 bits per heavy atom. The molecule has 1 aliphatic rings. The minimum Gasteiger partial charge on any atom is -0.475 e. The van der Waals surface area contributed by atoms with Gasteiger partial charge in [0, 0.05) is 11.6 Å². The molecule has 2 heterocycles. The van der Waals surface area contributed by atoms with Gasteiger partial charge in [-0.3, -0.25) is 0 Å². The first-order chi connectivity index (χ1) is 10.4. The third-order valence-electron chi connectivity index (χ3n) is 3.30. The number of carboxylic acid groups (broad SMARTS) is 1. The predicted molar refractivity (Wildman–Crippen MR) is 75.7 cm³/mol. The van der Waals surface area contributed by atoms with E-state index in [1.807, 2.05) is 0 Å². The van der Waals surface area contributed by atoms with Crippen molar-refractivity contribution >= 4 is 27.4 Å². The normalized spacial score (nSPS) is 15.5. The van der Waals surface area contributed by atoms with Gasteiger partial charge < -0.3 is 14.4 Å². The molecule has 0 saturated carbocycles. The first-order valence-corrected chi connectivity index (χ1v) is 8.13. The third kappa shape index (κ3) is 2.49. The lowest BCUT2D eigenvalue weighted by Gasteiger charge is -2.26. The van der Waals surface area contributed by atoms with Crippen LogP contribution in [0.5, 0.6) is 0 Å².